The lowest BCUT2D eigenvalue weighted by Gasteiger charge is -2.15. The average Bonchev–Trinajstić information content (AvgIpc) is 2.36. The van der Waals surface area contributed by atoms with Crippen molar-refractivity contribution in [1.29, 1.82) is 0 Å². The number of rotatable bonds is 5. The third-order valence-electron chi connectivity index (χ3n) is 2.30. The molecule has 0 heterocycles. The Morgan fingerprint density at radius 3 is 2.53 bits per heavy atom. The molecule has 5 heteroatoms. The molecule has 0 bridgehead atoms. The molecule has 0 atom stereocenters. The molecular formula is C12H18N2O3. The van der Waals surface area contributed by atoms with Gasteiger partial charge in [-0.15, -0.1) is 0 Å². The minimum atomic E-state index is -0.369. The quantitative estimate of drug-likeness (QED) is 0.837. The molecule has 0 saturated heterocycles. The average molecular weight is 238 g/mol. The van der Waals surface area contributed by atoms with E-state index in [0.717, 1.165) is 11.3 Å². The van der Waals surface area contributed by atoms with Gasteiger partial charge in [0.15, 0.2) is 0 Å². The molecule has 0 fully saturated rings. The van der Waals surface area contributed by atoms with Crippen molar-refractivity contribution in [2.45, 2.75) is 6.61 Å². The monoisotopic (exact) mass is 238 g/mol. The molecule has 0 aliphatic heterocycles. The zero-order valence-corrected chi connectivity index (χ0v) is 10.2. The van der Waals surface area contributed by atoms with Crippen LogP contribution in [0, 0.1) is 0 Å². The zero-order valence-electron chi connectivity index (χ0n) is 10.2. The molecule has 0 radical (unpaired) electrons. The van der Waals surface area contributed by atoms with Gasteiger partial charge >= 0.3 is 6.09 Å². The Hall–Kier alpha value is -1.75. The summed E-state index contributed by atoms with van der Waals surface area (Å²) in [6.45, 7) is 1.16. The molecule has 1 amide bonds. The van der Waals surface area contributed by atoms with E-state index in [4.69, 9.17) is 15.2 Å². The Morgan fingerprint density at radius 2 is 2.00 bits per heavy atom. The predicted octanol–water partition coefficient (Wildman–Crippen LogP) is 1.22. The van der Waals surface area contributed by atoms with Crippen LogP contribution in [0.25, 0.3) is 0 Å². The van der Waals surface area contributed by atoms with E-state index in [0.29, 0.717) is 13.1 Å². The van der Waals surface area contributed by atoms with Crippen LogP contribution >= 0.6 is 0 Å². The van der Waals surface area contributed by atoms with Crippen molar-refractivity contribution in [1.82, 2.24) is 4.90 Å². The summed E-state index contributed by atoms with van der Waals surface area (Å²) in [5.74, 6) is 0.778. The van der Waals surface area contributed by atoms with Crippen LogP contribution in [-0.2, 0) is 11.3 Å². The SMILES string of the molecule is COc1ccc(COC(=O)N(C)CCN)cc1. The number of hydrogen-bond donors (Lipinski definition) is 1. The Kier molecular flexibility index (Phi) is 5.29. The highest BCUT2D eigenvalue weighted by atomic mass is 16.6. The van der Waals surface area contributed by atoms with E-state index in [1.165, 1.54) is 4.90 Å². The molecule has 17 heavy (non-hydrogen) atoms. The van der Waals surface area contributed by atoms with Gasteiger partial charge in [-0.25, -0.2) is 4.79 Å². The summed E-state index contributed by atoms with van der Waals surface area (Å²) in [7, 11) is 3.26. The van der Waals surface area contributed by atoms with Gasteiger partial charge in [0.25, 0.3) is 0 Å². The molecule has 2 N–H and O–H groups in total. The third-order valence-corrected chi connectivity index (χ3v) is 2.30. The van der Waals surface area contributed by atoms with Crippen LogP contribution in [0.4, 0.5) is 4.79 Å². The van der Waals surface area contributed by atoms with Crippen LogP contribution in [0.1, 0.15) is 5.56 Å². The molecule has 0 saturated carbocycles. The number of hydrogen-bond acceptors (Lipinski definition) is 4. The van der Waals surface area contributed by atoms with Crippen molar-refractivity contribution >= 4 is 6.09 Å². The van der Waals surface area contributed by atoms with Crippen LogP contribution < -0.4 is 10.5 Å². The van der Waals surface area contributed by atoms with Crippen molar-refractivity contribution in [3.8, 4) is 5.75 Å². The molecule has 5 nitrogen and oxygen atoms in total. The molecule has 1 rings (SSSR count). The standard InChI is InChI=1S/C12H18N2O3/c1-14(8-7-13)12(15)17-9-10-3-5-11(16-2)6-4-10/h3-6H,7-9,13H2,1-2H3. The second kappa shape index (κ2) is 6.75. The first-order chi connectivity index (χ1) is 8.17. The lowest BCUT2D eigenvalue weighted by atomic mass is 10.2. The first-order valence-electron chi connectivity index (χ1n) is 5.38. The fourth-order valence-corrected chi connectivity index (χ4v) is 1.26. The van der Waals surface area contributed by atoms with Gasteiger partial charge < -0.3 is 20.1 Å². The number of amides is 1. The van der Waals surface area contributed by atoms with Gasteiger partial charge in [-0.2, -0.15) is 0 Å². The number of benzene rings is 1. The smallest absolute Gasteiger partial charge is 0.409 e. The summed E-state index contributed by atoms with van der Waals surface area (Å²) in [5, 5.41) is 0. The van der Waals surface area contributed by atoms with E-state index in [9.17, 15) is 4.79 Å². The Bertz CT molecular complexity index is 351. The van der Waals surface area contributed by atoms with Gasteiger partial charge in [0.1, 0.15) is 12.4 Å². The fourth-order valence-electron chi connectivity index (χ4n) is 1.26. The zero-order chi connectivity index (χ0) is 12.7. The van der Waals surface area contributed by atoms with E-state index < -0.39 is 0 Å². The van der Waals surface area contributed by atoms with Crippen LogP contribution in [0.15, 0.2) is 24.3 Å². The highest BCUT2D eigenvalue weighted by molar-refractivity contribution is 5.67. The number of nitrogens with two attached hydrogens (primary N) is 1. The third kappa shape index (κ3) is 4.32. The molecule has 94 valence electrons. The highest BCUT2D eigenvalue weighted by Gasteiger charge is 2.08. The largest absolute Gasteiger partial charge is 0.497 e. The van der Waals surface area contributed by atoms with Gasteiger partial charge in [0.05, 0.1) is 7.11 Å². The van der Waals surface area contributed by atoms with Crippen molar-refractivity contribution < 1.29 is 14.3 Å². The van der Waals surface area contributed by atoms with Gasteiger partial charge in [-0.1, -0.05) is 12.1 Å². The maximum absolute atomic E-state index is 11.5. The van der Waals surface area contributed by atoms with Crippen molar-refractivity contribution in [2.75, 3.05) is 27.2 Å². The summed E-state index contributed by atoms with van der Waals surface area (Å²) in [5.41, 5.74) is 6.26. The minimum Gasteiger partial charge on any atom is -0.497 e. The number of methoxy groups -OCH3 is 1. The van der Waals surface area contributed by atoms with Crippen LogP contribution in [-0.4, -0.2) is 38.2 Å². The topological polar surface area (TPSA) is 64.8 Å². The van der Waals surface area contributed by atoms with E-state index >= 15 is 0 Å². The Morgan fingerprint density at radius 1 is 1.35 bits per heavy atom. The number of ether oxygens (including phenoxy) is 2. The van der Waals surface area contributed by atoms with Crippen LogP contribution in [0.3, 0.4) is 0 Å². The van der Waals surface area contributed by atoms with Gasteiger partial charge in [0.2, 0.25) is 0 Å². The highest BCUT2D eigenvalue weighted by Crippen LogP contribution is 2.12. The predicted molar refractivity (Wildman–Crippen MR) is 64.9 cm³/mol. The maximum Gasteiger partial charge on any atom is 0.409 e. The second-order valence-electron chi connectivity index (χ2n) is 3.61. The summed E-state index contributed by atoms with van der Waals surface area (Å²) < 4.78 is 10.1. The first-order valence-corrected chi connectivity index (χ1v) is 5.38. The van der Waals surface area contributed by atoms with E-state index in [2.05, 4.69) is 0 Å². The van der Waals surface area contributed by atoms with E-state index in [1.54, 1.807) is 14.2 Å². The van der Waals surface area contributed by atoms with Crippen LogP contribution in [0.2, 0.25) is 0 Å². The molecule has 1 aromatic rings. The van der Waals surface area contributed by atoms with Gasteiger partial charge in [-0.05, 0) is 17.7 Å². The molecule has 0 aromatic heterocycles. The van der Waals surface area contributed by atoms with Crippen molar-refractivity contribution in [2.24, 2.45) is 5.73 Å². The molecule has 0 spiro atoms. The lowest BCUT2D eigenvalue weighted by Crippen LogP contribution is -2.32. The summed E-state index contributed by atoms with van der Waals surface area (Å²) in [6, 6.07) is 7.36. The summed E-state index contributed by atoms with van der Waals surface area (Å²) >= 11 is 0. The number of likely N-dealkylation sites (N-methyl/N-ethyl adjacent to an activating group) is 1. The molecule has 1 aromatic carbocycles. The van der Waals surface area contributed by atoms with Gasteiger partial charge in [0, 0.05) is 20.1 Å². The second-order valence-corrected chi connectivity index (χ2v) is 3.61. The number of carbonyl (C=O) groups excluding carboxylic acids is 1. The normalized spacial score (nSPS) is 9.82. The minimum absolute atomic E-state index is 0.248. The molecule has 0 aliphatic rings. The first kappa shape index (κ1) is 13.3. The molecular weight excluding hydrogens is 220 g/mol. The maximum atomic E-state index is 11.5. The molecule has 0 aliphatic carbocycles. The van der Waals surface area contributed by atoms with Crippen molar-refractivity contribution in [3.05, 3.63) is 29.8 Å². The van der Waals surface area contributed by atoms with E-state index in [1.807, 2.05) is 24.3 Å². The lowest BCUT2D eigenvalue weighted by molar-refractivity contribution is 0.105. The summed E-state index contributed by atoms with van der Waals surface area (Å²) in [4.78, 5) is 12.9. The van der Waals surface area contributed by atoms with Crippen LogP contribution in [0.5, 0.6) is 5.75 Å². The van der Waals surface area contributed by atoms with Gasteiger partial charge in [-0.3, -0.25) is 0 Å². The fraction of sp³-hybridized carbons (Fsp3) is 0.417. The summed E-state index contributed by atoms with van der Waals surface area (Å²) in [6.07, 6.45) is -0.369. The number of nitrogens with zero attached hydrogens (tertiary/aromatic N) is 1. The Balaban J connectivity index is 2.41. The molecule has 0 unspecified atom stereocenters. The number of carbonyl (C=O) groups is 1. The van der Waals surface area contributed by atoms with Crippen molar-refractivity contribution in [3.63, 3.8) is 0 Å². The van der Waals surface area contributed by atoms with E-state index in [-0.39, 0.29) is 12.7 Å². The Labute approximate surface area is 101 Å².